The maximum Gasteiger partial charge on any atom is 0.134 e. The Balaban J connectivity index is 1.65. The first-order valence-electron chi connectivity index (χ1n) is 10.4. The molecule has 1 saturated carbocycles. The number of rotatable bonds is 6. The van der Waals surface area contributed by atoms with Gasteiger partial charge in [-0.3, -0.25) is 4.39 Å². The number of aryl methyl sites for hydroxylation is 1. The van der Waals surface area contributed by atoms with Gasteiger partial charge in [0.25, 0.3) is 0 Å². The second-order valence-corrected chi connectivity index (χ2v) is 8.56. The van der Waals surface area contributed by atoms with Crippen LogP contribution in [0.4, 0.5) is 8.78 Å². The van der Waals surface area contributed by atoms with Crippen LogP contribution in [0.3, 0.4) is 0 Å². The molecule has 28 heavy (non-hydrogen) atoms. The molecule has 0 radical (unpaired) electrons. The van der Waals surface area contributed by atoms with E-state index in [2.05, 4.69) is 4.90 Å². The Morgan fingerprint density at radius 2 is 1.96 bits per heavy atom. The molecule has 2 aliphatic rings. The summed E-state index contributed by atoms with van der Waals surface area (Å²) in [7, 11) is 0. The molecule has 0 unspecified atom stereocenters. The highest BCUT2D eigenvalue weighted by atomic mass is 19.1. The van der Waals surface area contributed by atoms with E-state index in [0.29, 0.717) is 23.8 Å². The Morgan fingerprint density at radius 1 is 1.21 bits per heavy atom. The average molecular weight is 382 g/mol. The van der Waals surface area contributed by atoms with Gasteiger partial charge < -0.3 is 4.90 Å². The minimum absolute atomic E-state index is 0.110. The number of alkyl halides is 1. The number of nitrogens with zero attached hydrogens (tertiary/aromatic N) is 1. The quantitative estimate of drug-likeness (QED) is 0.555. The minimum Gasteiger partial charge on any atom is -0.371 e. The van der Waals surface area contributed by atoms with E-state index in [1.807, 2.05) is 62.4 Å². The summed E-state index contributed by atoms with van der Waals surface area (Å²) in [6.45, 7) is 4.68. The van der Waals surface area contributed by atoms with E-state index in [1.54, 1.807) is 0 Å². The summed E-state index contributed by atoms with van der Waals surface area (Å²) < 4.78 is 28.5. The summed E-state index contributed by atoms with van der Waals surface area (Å²) in [6, 6.07) is 13.9. The first-order valence-corrected chi connectivity index (χ1v) is 10.4. The second-order valence-electron chi connectivity index (χ2n) is 8.56. The third kappa shape index (κ3) is 3.72. The normalized spacial score (nSPS) is 20.8. The molecular weight excluding hydrogens is 352 g/mol. The summed E-state index contributed by atoms with van der Waals surface area (Å²) in [5, 5.41) is 0. The van der Waals surface area contributed by atoms with Gasteiger partial charge in [0.1, 0.15) is 5.82 Å². The highest BCUT2D eigenvalue weighted by molar-refractivity contribution is 5.66. The SMILES string of the molecule is C/C=C(/CCF)N1CC2(CC2)C[C@@H]1Cc1cc(C)cc(-c2ccccc2)c1F. The summed E-state index contributed by atoms with van der Waals surface area (Å²) in [5.41, 5.74) is 4.92. The van der Waals surface area contributed by atoms with E-state index in [1.165, 1.54) is 12.8 Å². The van der Waals surface area contributed by atoms with Crippen molar-refractivity contribution in [2.24, 2.45) is 5.41 Å². The summed E-state index contributed by atoms with van der Waals surface area (Å²) in [6.07, 6.45) is 6.75. The predicted molar refractivity (Wildman–Crippen MR) is 111 cm³/mol. The first kappa shape index (κ1) is 19.2. The molecule has 1 aliphatic carbocycles. The molecule has 148 valence electrons. The number of hydrogen-bond acceptors (Lipinski definition) is 1. The van der Waals surface area contributed by atoms with Crippen molar-refractivity contribution < 1.29 is 8.78 Å². The number of hydrogen-bond donors (Lipinski definition) is 0. The molecule has 2 aromatic rings. The van der Waals surface area contributed by atoms with Crippen LogP contribution in [0, 0.1) is 18.2 Å². The number of benzene rings is 2. The lowest BCUT2D eigenvalue weighted by Gasteiger charge is -2.29. The molecule has 0 amide bonds. The maximum absolute atomic E-state index is 15.5. The summed E-state index contributed by atoms with van der Waals surface area (Å²) in [4.78, 5) is 2.37. The minimum atomic E-state index is -0.340. The smallest absolute Gasteiger partial charge is 0.134 e. The molecule has 2 aromatic carbocycles. The van der Waals surface area contributed by atoms with Crippen LogP contribution in [0.2, 0.25) is 0 Å². The van der Waals surface area contributed by atoms with E-state index in [9.17, 15) is 4.39 Å². The van der Waals surface area contributed by atoms with Crippen LogP contribution in [-0.2, 0) is 6.42 Å². The van der Waals surface area contributed by atoms with Crippen molar-refractivity contribution >= 4 is 0 Å². The third-order valence-corrected chi connectivity index (χ3v) is 6.46. The van der Waals surface area contributed by atoms with Crippen LogP contribution in [0.1, 0.15) is 43.7 Å². The van der Waals surface area contributed by atoms with Gasteiger partial charge in [0, 0.05) is 30.3 Å². The van der Waals surface area contributed by atoms with Gasteiger partial charge >= 0.3 is 0 Å². The summed E-state index contributed by atoms with van der Waals surface area (Å²) in [5.74, 6) is -0.110. The van der Waals surface area contributed by atoms with E-state index < -0.39 is 0 Å². The zero-order chi connectivity index (χ0) is 19.7. The van der Waals surface area contributed by atoms with E-state index >= 15 is 4.39 Å². The van der Waals surface area contributed by atoms with Gasteiger partial charge in [-0.2, -0.15) is 0 Å². The van der Waals surface area contributed by atoms with Crippen LogP contribution in [0.5, 0.6) is 0 Å². The molecule has 0 bridgehead atoms. The van der Waals surface area contributed by atoms with Crippen LogP contribution < -0.4 is 0 Å². The molecule has 1 aliphatic heterocycles. The molecule has 2 fully saturated rings. The van der Waals surface area contributed by atoms with Gasteiger partial charge in [0.15, 0.2) is 0 Å². The largest absolute Gasteiger partial charge is 0.371 e. The maximum atomic E-state index is 15.5. The van der Waals surface area contributed by atoms with Crippen LogP contribution in [0.25, 0.3) is 11.1 Å². The molecule has 1 atom stereocenters. The van der Waals surface area contributed by atoms with Gasteiger partial charge in [0.2, 0.25) is 0 Å². The van der Waals surface area contributed by atoms with Crippen LogP contribution >= 0.6 is 0 Å². The Bertz CT molecular complexity index is 868. The molecule has 1 heterocycles. The predicted octanol–water partition coefficient (Wildman–Crippen LogP) is 6.46. The van der Waals surface area contributed by atoms with Gasteiger partial charge in [0.05, 0.1) is 6.67 Å². The van der Waals surface area contributed by atoms with Crippen LogP contribution in [0.15, 0.2) is 54.2 Å². The lowest BCUT2D eigenvalue weighted by Crippen LogP contribution is -2.31. The fraction of sp³-hybridized carbons (Fsp3) is 0.440. The van der Waals surface area contributed by atoms with Gasteiger partial charge in [-0.15, -0.1) is 0 Å². The highest BCUT2D eigenvalue weighted by Gasteiger charge is 2.52. The molecule has 4 rings (SSSR count). The van der Waals surface area contributed by atoms with Crippen LogP contribution in [-0.4, -0.2) is 24.2 Å². The van der Waals surface area contributed by atoms with Gasteiger partial charge in [-0.25, -0.2) is 4.39 Å². The lowest BCUT2D eigenvalue weighted by atomic mass is 9.93. The number of halogens is 2. The lowest BCUT2D eigenvalue weighted by molar-refractivity contribution is 0.292. The van der Waals surface area contributed by atoms with Gasteiger partial charge in [-0.05, 0) is 62.1 Å². The zero-order valence-electron chi connectivity index (χ0n) is 16.8. The Kier molecular flexibility index (Phi) is 5.27. The molecule has 1 saturated heterocycles. The van der Waals surface area contributed by atoms with E-state index in [-0.39, 0.29) is 18.5 Å². The zero-order valence-corrected chi connectivity index (χ0v) is 16.8. The second kappa shape index (κ2) is 7.69. The van der Waals surface area contributed by atoms with Crippen molar-refractivity contribution in [1.29, 1.82) is 0 Å². The molecule has 1 nitrogen and oxygen atoms in total. The fourth-order valence-electron chi connectivity index (χ4n) is 4.85. The number of allylic oxidation sites excluding steroid dienone is 2. The monoisotopic (exact) mass is 381 g/mol. The topological polar surface area (TPSA) is 3.24 Å². The fourth-order valence-corrected chi connectivity index (χ4v) is 4.85. The molecule has 0 aromatic heterocycles. The third-order valence-electron chi connectivity index (χ3n) is 6.46. The molecule has 3 heteroatoms. The van der Waals surface area contributed by atoms with Crippen molar-refractivity contribution in [3.63, 3.8) is 0 Å². The van der Waals surface area contributed by atoms with Crippen molar-refractivity contribution in [2.75, 3.05) is 13.2 Å². The Morgan fingerprint density at radius 3 is 2.61 bits per heavy atom. The van der Waals surface area contributed by atoms with Crippen molar-refractivity contribution in [1.82, 2.24) is 4.90 Å². The number of likely N-dealkylation sites (tertiary alicyclic amines) is 1. The Hall–Kier alpha value is -2.16. The van der Waals surface area contributed by atoms with Gasteiger partial charge in [-0.1, -0.05) is 48.0 Å². The van der Waals surface area contributed by atoms with E-state index in [4.69, 9.17) is 0 Å². The molecule has 1 spiro atoms. The van der Waals surface area contributed by atoms with Crippen molar-refractivity contribution in [3.05, 3.63) is 71.2 Å². The van der Waals surface area contributed by atoms with Crippen molar-refractivity contribution in [2.45, 2.75) is 52.0 Å². The van der Waals surface area contributed by atoms with E-state index in [0.717, 1.165) is 35.4 Å². The summed E-state index contributed by atoms with van der Waals surface area (Å²) >= 11 is 0. The average Bonchev–Trinajstić information content (AvgIpc) is 3.36. The first-order chi connectivity index (χ1) is 13.5. The molecular formula is C25H29F2N. The standard InChI is InChI=1S/C25H29F2N/c1-3-21(9-12-26)28-17-25(10-11-25)16-22(28)15-20-13-18(2)14-23(24(20)27)19-7-5-4-6-8-19/h3-8,13-14,22H,9-12,15-17H2,1-2H3/b21-3-/t22-/m0/s1. The Labute approximate surface area is 167 Å². The molecule has 0 N–H and O–H groups in total. The van der Waals surface area contributed by atoms with Crippen molar-refractivity contribution in [3.8, 4) is 11.1 Å². The highest BCUT2D eigenvalue weighted by Crippen LogP contribution is 2.56.